The van der Waals surface area contributed by atoms with Crippen LogP contribution in [0.4, 0.5) is 0 Å². The Morgan fingerprint density at radius 2 is 1.74 bits per heavy atom. The first kappa shape index (κ1) is 20.8. The van der Waals surface area contributed by atoms with E-state index in [4.69, 9.17) is 25.8 Å². The summed E-state index contributed by atoms with van der Waals surface area (Å²) in [6, 6.07) is 11.5. The number of carbonyl (C=O) groups is 1. The van der Waals surface area contributed by atoms with E-state index in [2.05, 4.69) is 32.9 Å². The van der Waals surface area contributed by atoms with Crippen molar-refractivity contribution in [2.45, 2.75) is 32.8 Å². The number of benzene rings is 2. The monoisotopic (exact) mass is 388 g/mol. The fourth-order valence-corrected chi connectivity index (χ4v) is 2.80. The van der Waals surface area contributed by atoms with Gasteiger partial charge in [0.05, 0.1) is 19.2 Å². The second kappa shape index (κ2) is 8.96. The molecule has 144 valence electrons. The highest BCUT2D eigenvalue weighted by Gasteiger charge is 2.13. The minimum Gasteiger partial charge on any atom is -0.493 e. The van der Waals surface area contributed by atoms with Crippen LogP contribution < -0.4 is 9.47 Å². The molecular formula is C22H25ClO4. The first-order valence-corrected chi connectivity index (χ1v) is 8.98. The molecule has 0 radical (unpaired) electrons. The molecule has 0 aromatic heterocycles. The summed E-state index contributed by atoms with van der Waals surface area (Å²) in [5, 5.41) is 0.406. The number of hydrogen-bond acceptors (Lipinski definition) is 4. The van der Waals surface area contributed by atoms with Gasteiger partial charge in [-0.3, -0.25) is 0 Å². The number of carbonyl (C=O) groups excluding carboxylic acids is 1. The van der Waals surface area contributed by atoms with E-state index in [1.165, 1.54) is 25.9 Å². The molecule has 0 spiro atoms. The van der Waals surface area contributed by atoms with Crippen LogP contribution in [-0.4, -0.2) is 20.2 Å². The first-order chi connectivity index (χ1) is 12.7. The van der Waals surface area contributed by atoms with E-state index in [0.717, 1.165) is 5.56 Å². The van der Waals surface area contributed by atoms with Crippen LogP contribution in [-0.2, 0) is 21.6 Å². The summed E-state index contributed by atoms with van der Waals surface area (Å²) in [4.78, 5) is 12.0. The summed E-state index contributed by atoms with van der Waals surface area (Å²) in [6.45, 7) is 6.70. The van der Waals surface area contributed by atoms with Crippen molar-refractivity contribution in [2.75, 3.05) is 14.2 Å². The van der Waals surface area contributed by atoms with Gasteiger partial charge in [0.15, 0.2) is 11.5 Å². The average molecular weight is 389 g/mol. The Morgan fingerprint density at radius 3 is 2.30 bits per heavy atom. The summed E-state index contributed by atoms with van der Waals surface area (Å²) in [5.74, 6) is 0.523. The van der Waals surface area contributed by atoms with Crippen LogP contribution in [0, 0.1) is 0 Å². The average Bonchev–Trinajstić information content (AvgIpc) is 2.63. The summed E-state index contributed by atoms with van der Waals surface area (Å²) in [7, 11) is 3.05. The van der Waals surface area contributed by atoms with Gasteiger partial charge >= 0.3 is 5.97 Å². The Balaban J connectivity index is 1.98. The van der Waals surface area contributed by atoms with E-state index in [-0.39, 0.29) is 12.0 Å². The zero-order chi connectivity index (χ0) is 20.0. The normalized spacial score (nSPS) is 11.5. The molecule has 0 atom stereocenters. The van der Waals surface area contributed by atoms with Crippen molar-refractivity contribution in [1.29, 1.82) is 0 Å². The van der Waals surface area contributed by atoms with Crippen LogP contribution >= 0.6 is 11.6 Å². The van der Waals surface area contributed by atoms with Crippen molar-refractivity contribution in [3.8, 4) is 11.5 Å². The van der Waals surface area contributed by atoms with Crippen LogP contribution in [0.5, 0.6) is 11.5 Å². The lowest BCUT2D eigenvalue weighted by Crippen LogP contribution is -2.10. The van der Waals surface area contributed by atoms with Gasteiger partial charge in [0, 0.05) is 6.08 Å². The minimum absolute atomic E-state index is 0.0959. The predicted molar refractivity (Wildman–Crippen MR) is 109 cm³/mol. The molecule has 5 heteroatoms. The molecule has 0 saturated carbocycles. The van der Waals surface area contributed by atoms with Gasteiger partial charge < -0.3 is 14.2 Å². The fraction of sp³-hybridized carbons (Fsp3) is 0.318. The van der Waals surface area contributed by atoms with E-state index in [1.807, 2.05) is 12.1 Å². The molecular weight excluding hydrogens is 364 g/mol. The Bertz CT molecular complexity index is 817. The molecule has 0 amide bonds. The molecule has 0 aliphatic rings. The Labute approximate surface area is 165 Å². The topological polar surface area (TPSA) is 44.8 Å². The third-order valence-corrected chi connectivity index (χ3v) is 4.35. The number of halogens is 1. The Hall–Kier alpha value is -2.46. The van der Waals surface area contributed by atoms with E-state index in [9.17, 15) is 4.79 Å². The van der Waals surface area contributed by atoms with Crippen molar-refractivity contribution in [2.24, 2.45) is 0 Å². The smallest absolute Gasteiger partial charge is 0.331 e. The number of esters is 1. The lowest BCUT2D eigenvalue weighted by molar-refractivity contribution is -0.138. The number of methoxy groups -OCH3 is 2. The fourth-order valence-electron chi connectivity index (χ4n) is 2.50. The molecule has 0 bridgehead atoms. The largest absolute Gasteiger partial charge is 0.493 e. The molecule has 0 aliphatic carbocycles. The van der Waals surface area contributed by atoms with Gasteiger partial charge in [-0.25, -0.2) is 4.79 Å². The zero-order valence-corrected chi connectivity index (χ0v) is 17.1. The van der Waals surface area contributed by atoms with E-state index in [0.29, 0.717) is 22.1 Å². The van der Waals surface area contributed by atoms with Gasteiger partial charge in [0.2, 0.25) is 0 Å². The predicted octanol–water partition coefficient (Wildman–Crippen LogP) is 5.41. The van der Waals surface area contributed by atoms with Gasteiger partial charge in [-0.1, -0.05) is 56.6 Å². The van der Waals surface area contributed by atoms with Crippen molar-refractivity contribution in [3.63, 3.8) is 0 Å². The molecule has 0 N–H and O–H groups in total. The molecule has 27 heavy (non-hydrogen) atoms. The molecule has 0 saturated heterocycles. The molecule has 0 unspecified atom stereocenters. The molecule has 0 heterocycles. The van der Waals surface area contributed by atoms with Crippen LogP contribution in [0.1, 0.15) is 37.5 Å². The molecule has 2 rings (SSSR count). The lowest BCUT2D eigenvalue weighted by Gasteiger charge is -2.19. The Kier molecular flexibility index (Phi) is 6.92. The van der Waals surface area contributed by atoms with E-state index in [1.54, 1.807) is 18.2 Å². The van der Waals surface area contributed by atoms with Crippen LogP contribution in [0.3, 0.4) is 0 Å². The highest BCUT2D eigenvalue weighted by atomic mass is 35.5. The van der Waals surface area contributed by atoms with E-state index < -0.39 is 5.97 Å². The number of ether oxygens (including phenoxy) is 3. The first-order valence-electron chi connectivity index (χ1n) is 8.60. The maximum atomic E-state index is 12.0. The van der Waals surface area contributed by atoms with Gasteiger partial charge in [0.25, 0.3) is 0 Å². The Morgan fingerprint density at radius 1 is 1.07 bits per heavy atom. The summed E-state index contributed by atoms with van der Waals surface area (Å²) in [5.41, 5.74) is 2.99. The number of rotatable bonds is 6. The highest BCUT2D eigenvalue weighted by molar-refractivity contribution is 6.32. The van der Waals surface area contributed by atoms with Crippen molar-refractivity contribution >= 4 is 23.6 Å². The third kappa shape index (κ3) is 5.76. The second-order valence-corrected chi connectivity index (χ2v) is 7.53. The van der Waals surface area contributed by atoms with Crippen LogP contribution in [0.25, 0.3) is 6.08 Å². The summed E-state index contributed by atoms with van der Waals surface area (Å²) < 4.78 is 15.7. The maximum Gasteiger partial charge on any atom is 0.331 e. The molecule has 0 fully saturated rings. The highest BCUT2D eigenvalue weighted by Crippen LogP contribution is 2.36. The molecule has 2 aromatic rings. The maximum absolute atomic E-state index is 12.0. The quantitative estimate of drug-likeness (QED) is 0.490. The van der Waals surface area contributed by atoms with Crippen molar-refractivity contribution in [1.82, 2.24) is 0 Å². The van der Waals surface area contributed by atoms with Crippen molar-refractivity contribution in [3.05, 3.63) is 64.2 Å². The van der Waals surface area contributed by atoms with E-state index >= 15 is 0 Å². The SMILES string of the molecule is COc1cc(C=CC(=O)OCc2ccc(C(C)(C)C)cc2)cc(Cl)c1OC. The van der Waals surface area contributed by atoms with Crippen molar-refractivity contribution < 1.29 is 19.0 Å². The third-order valence-electron chi connectivity index (χ3n) is 4.07. The molecule has 4 nitrogen and oxygen atoms in total. The minimum atomic E-state index is -0.430. The van der Waals surface area contributed by atoms with Gasteiger partial charge in [-0.2, -0.15) is 0 Å². The zero-order valence-electron chi connectivity index (χ0n) is 16.3. The molecule has 0 aliphatic heterocycles. The summed E-state index contributed by atoms with van der Waals surface area (Å²) in [6.07, 6.45) is 2.99. The van der Waals surface area contributed by atoms with Crippen LogP contribution in [0.15, 0.2) is 42.5 Å². The summed E-state index contributed by atoms with van der Waals surface area (Å²) >= 11 is 6.16. The second-order valence-electron chi connectivity index (χ2n) is 7.13. The van der Waals surface area contributed by atoms with Gasteiger partial charge in [-0.15, -0.1) is 0 Å². The van der Waals surface area contributed by atoms with Gasteiger partial charge in [-0.05, 0) is 40.3 Å². The number of hydrogen-bond donors (Lipinski definition) is 0. The lowest BCUT2D eigenvalue weighted by atomic mass is 9.87. The van der Waals surface area contributed by atoms with Gasteiger partial charge in [0.1, 0.15) is 6.61 Å². The standard InChI is InChI=1S/C22H25ClO4/c1-22(2,3)17-9-6-15(7-10-17)14-27-20(24)11-8-16-12-18(23)21(26-5)19(13-16)25-4/h6-13H,14H2,1-5H3. The molecule has 2 aromatic carbocycles. The van der Waals surface area contributed by atoms with Crippen LogP contribution in [0.2, 0.25) is 5.02 Å².